The molecule has 8 aromatic carbocycles. The number of hydrogen-bond donors (Lipinski definition) is 0. The Bertz CT molecular complexity index is 3420. The standard InChI is InChI=1S/C53H36N4/c1-53(2)43-31-36(33-16-5-3-6-17-33)28-29-39(43)49-50(53)54-51(41-24-15-27-46-48(41)40-23-12-14-26-45(40)56(46)37-20-7-4-8-21-37)55-52(49)57-44-25-13-11-22-38(44)42-30-34-18-9-10-19-35(34)32-47(42)57/h3-32H,1-2H3. The van der Waals surface area contributed by atoms with Gasteiger partial charge in [0, 0.05) is 43.8 Å². The van der Waals surface area contributed by atoms with E-state index < -0.39 is 5.41 Å². The zero-order valence-corrected chi connectivity index (χ0v) is 31.6. The van der Waals surface area contributed by atoms with Crippen molar-refractivity contribution in [1.29, 1.82) is 0 Å². The lowest BCUT2D eigenvalue weighted by molar-refractivity contribution is 0.635. The Labute approximate surface area is 329 Å². The highest BCUT2D eigenvalue weighted by atomic mass is 15.1. The monoisotopic (exact) mass is 728 g/mol. The maximum absolute atomic E-state index is 5.76. The van der Waals surface area contributed by atoms with E-state index in [9.17, 15) is 0 Å². The van der Waals surface area contributed by atoms with Crippen molar-refractivity contribution in [2.45, 2.75) is 19.3 Å². The van der Waals surface area contributed by atoms with Gasteiger partial charge in [0.15, 0.2) is 5.82 Å². The molecule has 11 aromatic rings. The molecular formula is C53H36N4. The van der Waals surface area contributed by atoms with Gasteiger partial charge in [0.05, 0.1) is 27.8 Å². The zero-order chi connectivity index (χ0) is 37.8. The van der Waals surface area contributed by atoms with Crippen LogP contribution in [0.15, 0.2) is 182 Å². The van der Waals surface area contributed by atoms with E-state index in [1.165, 1.54) is 49.2 Å². The number of hydrogen-bond acceptors (Lipinski definition) is 2. The summed E-state index contributed by atoms with van der Waals surface area (Å²) in [7, 11) is 0. The number of nitrogens with zero attached hydrogens (tertiary/aromatic N) is 4. The molecule has 4 heteroatoms. The molecule has 1 aliphatic rings. The Morgan fingerprint density at radius 3 is 1.88 bits per heavy atom. The van der Waals surface area contributed by atoms with Crippen LogP contribution in [-0.2, 0) is 5.41 Å². The van der Waals surface area contributed by atoms with Gasteiger partial charge < -0.3 is 4.57 Å². The maximum atomic E-state index is 5.76. The van der Waals surface area contributed by atoms with Crippen molar-refractivity contribution in [3.63, 3.8) is 0 Å². The van der Waals surface area contributed by atoms with Crippen molar-refractivity contribution in [1.82, 2.24) is 19.1 Å². The molecule has 0 saturated carbocycles. The molecule has 57 heavy (non-hydrogen) atoms. The average Bonchev–Trinajstić information content (AvgIpc) is 3.85. The lowest BCUT2D eigenvalue weighted by Gasteiger charge is -2.22. The summed E-state index contributed by atoms with van der Waals surface area (Å²) >= 11 is 0. The molecule has 0 radical (unpaired) electrons. The summed E-state index contributed by atoms with van der Waals surface area (Å²) in [5.41, 5.74) is 13.3. The van der Waals surface area contributed by atoms with Gasteiger partial charge in [0.1, 0.15) is 5.82 Å². The second-order valence-electron chi connectivity index (χ2n) is 15.8. The Morgan fingerprint density at radius 1 is 0.439 bits per heavy atom. The van der Waals surface area contributed by atoms with E-state index in [2.05, 4.69) is 205 Å². The fourth-order valence-corrected chi connectivity index (χ4v) is 9.59. The second-order valence-corrected chi connectivity index (χ2v) is 15.8. The van der Waals surface area contributed by atoms with Gasteiger partial charge in [-0.3, -0.25) is 4.57 Å². The van der Waals surface area contributed by atoms with Crippen molar-refractivity contribution in [3.05, 3.63) is 193 Å². The molecule has 0 saturated heterocycles. The van der Waals surface area contributed by atoms with Gasteiger partial charge in [-0.05, 0) is 81.6 Å². The Balaban J connectivity index is 1.21. The van der Waals surface area contributed by atoms with Gasteiger partial charge in [-0.2, -0.15) is 0 Å². The molecule has 12 rings (SSSR count). The fraction of sp³-hybridized carbons (Fsp3) is 0.0566. The van der Waals surface area contributed by atoms with Crippen LogP contribution in [0.25, 0.3) is 99.5 Å². The summed E-state index contributed by atoms with van der Waals surface area (Å²) < 4.78 is 4.77. The molecule has 0 aliphatic heterocycles. The summed E-state index contributed by atoms with van der Waals surface area (Å²) in [6.07, 6.45) is 0. The molecule has 0 atom stereocenters. The number of fused-ring (bicyclic) bond motifs is 10. The van der Waals surface area contributed by atoms with Crippen LogP contribution >= 0.6 is 0 Å². The van der Waals surface area contributed by atoms with Gasteiger partial charge in [-0.25, -0.2) is 9.97 Å². The van der Waals surface area contributed by atoms with E-state index in [0.717, 1.165) is 61.6 Å². The first kappa shape index (κ1) is 32.0. The average molecular weight is 729 g/mol. The van der Waals surface area contributed by atoms with E-state index in [1.807, 2.05) is 0 Å². The van der Waals surface area contributed by atoms with Gasteiger partial charge >= 0.3 is 0 Å². The van der Waals surface area contributed by atoms with E-state index in [0.29, 0.717) is 0 Å². The second kappa shape index (κ2) is 11.8. The highest BCUT2D eigenvalue weighted by molar-refractivity contribution is 6.16. The van der Waals surface area contributed by atoms with Crippen LogP contribution in [0, 0.1) is 0 Å². The molecular weight excluding hydrogens is 693 g/mol. The molecule has 4 nitrogen and oxygen atoms in total. The van der Waals surface area contributed by atoms with Crippen LogP contribution in [0.1, 0.15) is 25.1 Å². The van der Waals surface area contributed by atoms with Crippen molar-refractivity contribution in [3.8, 4) is 45.1 Å². The summed E-state index contributed by atoms with van der Waals surface area (Å²) in [6, 6.07) is 65.7. The van der Waals surface area contributed by atoms with Crippen molar-refractivity contribution >= 4 is 54.4 Å². The number of para-hydroxylation sites is 3. The largest absolute Gasteiger partial charge is 0.309 e. The quantitative estimate of drug-likeness (QED) is 0.181. The molecule has 0 bridgehead atoms. The van der Waals surface area contributed by atoms with Crippen LogP contribution in [0.2, 0.25) is 0 Å². The van der Waals surface area contributed by atoms with Gasteiger partial charge in [-0.15, -0.1) is 0 Å². The lowest BCUT2D eigenvalue weighted by atomic mass is 9.84. The van der Waals surface area contributed by atoms with E-state index >= 15 is 0 Å². The Kier molecular flexibility index (Phi) is 6.65. The molecule has 0 fully saturated rings. The predicted octanol–water partition coefficient (Wildman–Crippen LogP) is 13.5. The zero-order valence-electron chi connectivity index (χ0n) is 31.6. The molecule has 3 aromatic heterocycles. The van der Waals surface area contributed by atoms with Crippen LogP contribution < -0.4 is 0 Å². The topological polar surface area (TPSA) is 35.6 Å². The number of rotatable bonds is 4. The third-order valence-corrected chi connectivity index (χ3v) is 12.3. The Morgan fingerprint density at radius 2 is 1.09 bits per heavy atom. The summed E-state index contributed by atoms with van der Waals surface area (Å²) in [4.78, 5) is 11.4. The van der Waals surface area contributed by atoms with Gasteiger partial charge in [0.25, 0.3) is 0 Å². The van der Waals surface area contributed by atoms with Crippen LogP contribution in [0.4, 0.5) is 0 Å². The third kappa shape index (κ3) is 4.55. The number of benzene rings is 8. The van der Waals surface area contributed by atoms with E-state index in [4.69, 9.17) is 9.97 Å². The predicted molar refractivity (Wildman–Crippen MR) is 237 cm³/mol. The molecule has 0 N–H and O–H groups in total. The fourth-order valence-electron chi connectivity index (χ4n) is 9.59. The van der Waals surface area contributed by atoms with Crippen LogP contribution in [-0.4, -0.2) is 19.1 Å². The first-order valence-electron chi connectivity index (χ1n) is 19.7. The molecule has 1 aliphatic carbocycles. The first-order chi connectivity index (χ1) is 28.0. The Hall–Kier alpha value is -7.30. The van der Waals surface area contributed by atoms with Gasteiger partial charge in [0.2, 0.25) is 0 Å². The summed E-state index contributed by atoms with van der Waals surface area (Å²) in [5, 5.41) is 7.17. The van der Waals surface area contributed by atoms with E-state index in [-0.39, 0.29) is 0 Å². The van der Waals surface area contributed by atoms with Crippen molar-refractivity contribution in [2.75, 3.05) is 0 Å². The number of aromatic nitrogens is 4. The highest BCUT2D eigenvalue weighted by Crippen LogP contribution is 2.52. The SMILES string of the molecule is CC1(C)c2cc(-c3ccccc3)ccc2-c2c(-n3c4ccccc4c4cc5ccccc5cc43)nc(-c3cccc4c3c3ccccc3n4-c3ccccc3)nc21. The highest BCUT2D eigenvalue weighted by Gasteiger charge is 2.41. The smallest absolute Gasteiger partial charge is 0.162 e. The molecule has 0 spiro atoms. The normalized spacial score (nSPS) is 13.2. The maximum Gasteiger partial charge on any atom is 0.162 e. The molecule has 0 amide bonds. The summed E-state index contributed by atoms with van der Waals surface area (Å²) in [6.45, 7) is 4.66. The third-order valence-electron chi connectivity index (χ3n) is 12.3. The molecule has 268 valence electrons. The van der Waals surface area contributed by atoms with E-state index in [1.54, 1.807) is 0 Å². The summed E-state index contributed by atoms with van der Waals surface area (Å²) in [5.74, 6) is 1.63. The molecule has 0 unspecified atom stereocenters. The first-order valence-corrected chi connectivity index (χ1v) is 19.7. The van der Waals surface area contributed by atoms with Crippen molar-refractivity contribution < 1.29 is 0 Å². The molecule has 3 heterocycles. The lowest BCUT2D eigenvalue weighted by Crippen LogP contribution is -2.18. The minimum Gasteiger partial charge on any atom is -0.309 e. The van der Waals surface area contributed by atoms with Crippen molar-refractivity contribution in [2.24, 2.45) is 0 Å². The minimum atomic E-state index is -0.403. The minimum absolute atomic E-state index is 0.403. The van der Waals surface area contributed by atoms with Crippen LogP contribution in [0.3, 0.4) is 0 Å². The van der Waals surface area contributed by atoms with Gasteiger partial charge in [-0.1, -0.05) is 147 Å². The van der Waals surface area contributed by atoms with Crippen LogP contribution in [0.5, 0.6) is 0 Å².